The third-order valence-corrected chi connectivity index (χ3v) is 2.88. The van der Waals surface area contributed by atoms with Gasteiger partial charge in [-0.15, -0.1) is 0 Å². The normalized spacial score (nSPS) is 11.3. The molecule has 0 unspecified atom stereocenters. The monoisotopic (exact) mass is 250 g/mol. The van der Waals surface area contributed by atoms with Crippen LogP contribution in [0.3, 0.4) is 0 Å². The van der Waals surface area contributed by atoms with Gasteiger partial charge in [0, 0.05) is 17.8 Å². The van der Waals surface area contributed by atoms with Gasteiger partial charge in [-0.3, -0.25) is 4.79 Å². The van der Waals surface area contributed by atoms with Crippen LogP contribution in [0.15, 0.2) is 24.3 Å². The highest BCUT2D eigenvalue weighted by Crippen LogP contribution is 2.13. The van der Waals surface area contributed by atoms with Crippen molar-refractivity contribution >= 4 is 11.6 Å². The lowest BCUT2D eigenvalue weighted by Gasteiger charge is -2.25. The molecule has 3 N–H and O–H groups in total. The molecule has 0 radical (unpaired) electrons. The second-order valence-electron chi connectivity index (χ2n) is 5.07. The van der Waals surface area contributed by atoms with Crippen LogP contribution in [-0.2, 0) is 4.79 Å². The van der Waals surface area contributed by atoms with Gasteiger partial charge in [0.15, 0.2) is 0 Å². The maximum atomic E-state index is 11.8. The molecular formula is C14H22N2O2. The van der Waals surface area contributed by atoms with E-state index in [9.17, 15) is 4.79 Å². The molecule has 0 bridgehead atoms. The van der Waals surface area contributed by atoms with Crippen LogP contribution in [0.5, 0.6) is 0 Å². The van der Waals surface area contributed by atoms with Crippen LogP contribution < -0.4 is 10.6 Å². The summed E-state index contributed by atoms with van der Waals surface area (Å²) in [6, 6.07) is 7.67. The summed E-state index contributed by atoms with van der Waals surface area (Å²) in [5.41, 5.74) is 1.64. The lowest BCUT2D eigenvalue weighted by Crippen LogP contribution is -2.44. The minimum Gasteiger partial charge on any atom is -0.396 e. The number of nitrogens with one attached hydrogen (secondary N) is 2. The van der Waals surface area contributed by atoms with Gasteiger partial charge >= 0.3 is 0 Å². The average molecular weight is 250 g/mol. The highest BCUT2D eigenvalue weighted by atomic mass is 16.3. The summed E-state index contributed by atoms with van der Waals surface area (Å²) in [4.78, 5) is 11.8. The van der Waals surface area contributed by atoms with Crippen LogP contribution in [0.1, 0.15) is 25.8 Å². The Morgan fingerprint density at radius 3 is 2.61 bits per heavy atom. The minimum atomic E-state index is -0.238. The van der Waals surface area contributed by atoms with E-state index < -0.39 is 0 Å². The number of para-hydroxylation sites is 1. The summed E-state index contributed by atoms with van der Waals surface area (Å²) in [6.07, 6.45) is 0.616. The van der Waals surface area contributed by atoms with Crippen LogP contribution in [0.4, 0.5) is 5.69 Å². The Labute approximate surface area is 108 Å². The van der Waals surface area contributed by atoms with Crippen LogP contribution in [-0.4, -0.2) is 29.7 Å². The van der Waals surface area contributed by atoms with Crippen molar-refractivity contribution < 1.29 is 9.90 Å². The summed E-state index contributed by atoms with van der Waals surface area (Å²) in [5, 5.41) is 14.9. The summed E-state index contributed by atoms with van der Waals surface area (Å²) in [7, 11) is 0. The maximum Gasteiger partial charge on any atom is 0.238 e. The Bertz CT molecular complexity index is 403. The molecule has 0 heterocycles. The molecule has 0 saturated carbocycles. The number of carbonyl (C=O) groups excluding carboxylic acids is 1. The van der Waals surface area contributed by atoms with Gasteiger partial charge in [0.25, 0.3) is 0 Å². The number of anilines is 1. The predicted molar refractivity (Wildman–Crippen MR) is 73.6 cm³/mol. The van der Waals surface area contributed by atoms with E-state index in [0.29, 0.717) is 6.42 Å². The lowest BCUT2D eigenvalue weighted by atomic mass is 10.0. The molecule has 0 spiro atoms. The number of aryl methyl sites for hydroxylation is 1. The summed E-state index contributed by atoms with van der Waals surface area (Å²) < 4.78 is 0. The first-order valence-corrected chi connectivity index (χ1v) is 6.16. The average Bonchev–Trinajstić information content (AvgIpc) is 2.30. The van der Waals surface area contributed by atoms with Crippen LogP contribution in [0.2, 0.25) is 0 Å². The SMILES string of the molecule is Cc1ccccc1NC(=O)CNC(C)(C)CCO. The van der Waals surface area contributed by atoms with Gasteiger partial charge in [-0.2, -0.15) is 0 Å². The Hall–Kier alpha value is -1.39. The Morgan fingerprint density at radius 1 is 1.33 bits per heavy atom. The molecule has 0 atom stereocenters. The van der Waals surface area contributed by atoms with Gasteiger partial charge < -0.3 is 15.7 Å². The molecule has 0 fully saturated rings. The zero-order valence-corrected chi connectivity index (χ0v) is 11.3. The molecule has 0 saturated heterocycles. The summed E-state index contributed by atoms with van der Waals surface area (Å²) in [5.74, 6) is -0.0738. The fourth-order valence-electron chi connectivity index (χ4n) is 1.59. The van der Waals surface area contributed by atoms with E-state index in [1.165, 1.54) is 0 Å². The van der Waals surface area contributed by atoms with E-state index in [1.807, 2.05) is 45.0 Å². The van der Waals surface area contributed by atoms with Crippen LogP contribution in [0, 0.1) is 6.92 Å². The fourth-order valence-corrected chi connectivity index (χ4v) is 1.59. The van der Waals surface area contributed by atoms with Gasteiger partial charge in [-0.05, 0) is 38.8 Å². The zero-order chi connectivity index (χ0) is 13.6. The molecule has 0 aromatic heterocycles. The number of hydrogen-bond donors (Lipinski definition) is 3. The zero-order valence-electron chi connectivity index (χ0n) is 11.3. The summed E-state index contributed by atoms with van der Waals surface area (Å²) in [6.45, 7) is 6.23. The van der Waals surface area contributed by atoms with Crippen molar-refractivity contribution in [1.82, 2.24) is 5.32 Å². The molecule has 4 heteroatoms. The Kier molecular flexibility index (Phi) is 5.31. The number of aliphatic hydroxyl groups is 1. The van der Waals surface area contributed by atoms with Crippen LogP contribution >= 0.6 is 0 Å². The van der Waals surface area contributed by atoms with Crippen molar-refractivity contribution in [1.29, 1.82) is 0 Å². The highest BCUT2D eigenvalue weighted by molar-refractivity contribution is 5.92. The molecule has 0 aliphatic carbocycles. The molecule has 0 aliphatic rings. The maximum absolute atomic E-state index is 11.8. The highest BCUT2D eigenvalue weighted by Gasteiger charge is 2.17. The first kappa shape index (κ1) is 14.7. The third kappa shape index (κ3) is 4.85. The van der Waals surface area contributed by atoms with Gasteiger partial charge in [-0.25, -0.2) is 0 Å². The number of aliphatic hydroxyl groups excluding tert-OH is 1. The largest absolute Gasteiger partial charge is 0.396 e. The molecule has 1 rings (SSSR count). The fraction of sp³-hybridized carbons (Fsp3) is 0.500. The van der Waals surface area contributed by atoms with Crippen molar-refractivity contribution in [3.05, 3.63) is 29.8 Å². The van der Waals surface area contributed by atoms with Crippen molar-refractivity contribution in [2.75, 3.05) is 18.5 Å². The molecule has 1 aromatic carbocycles. The molecule has 1 amide bonds. The second-order valence-corrected chi connectivity index (χ2v) is 5.07. The number of carbonyl (C=O) groups is 1. The molecule has 18 heavy (non-hydrogen) atoms. The molecular weight excluding hydrogens is 228 g/mol. The van der Waals surface area contributed by atoms with E-state index in [4.69, 9.17) is 5.11 Å². The van der Waals surface area contributed by atoms with Gasteiger partial charge in [0.2, 0.25) is 5.91 Å². The number of rotatable bonds is 6. The van der Waals surface area contributed by atoms with Crippen LogP contribution in [0.25, 0.3) is 0 Å². The second kappa shape index (κ2) is 6.52. The van der Waals surface area contributed by atoms with Gasteiger partial charge in [-0.1, -0.05) is 18.2 Å². The van der Waals surface area contributed by atoms with Crippen molar-refractivity contribution in [2.45, 2.75) is 32.7 Å². The van der Waals surface area contributed by atoms with Gasteiger partial charge in [0.1, 0.15) is 0 Å². The van der Waals surface area contributed by atoms with E-state index in [1.54, 1.807) is 0 Å². The Morgan fingerprint density at radius 2 is 2.00 bits per heavy atom. The van der Waals surface area contributed by atoms with Crippen molar-refractivity contribution in [3.8, 4) is 0 Å². The molecule has 1 aromatic rings. The first-order chi connectivity index (χ1) is 8.44. The quantitative estimate of drug-likeness (QED) is 0.720. The number of hydrogen-bond acceptors (Lipinski definition) is 3. The van der Waals surface area contributed by atoms with Crippen molar-refractivity contribution in [3.63, 3.8) is 0 Å². The van der Waals surface area contributed by atoms with Gasteiger partial charge in [0.05, 0.1) is 6.54 Å². The van der Waals surface area contributed by atoms with E-state index in [0.717, 1.165) is 11.3 Å². The lowest BCUT2D eigenvalue weighted by molar-refractivity contribution is -0.115. The topological polar surface area (TPSA) is 61.4 Å². The first-order valence-electron chi connectivity index (χ1n) is 6.16. The van der Waals surface area contributed by atoms with Crippen molar-refractivity contribution in [2.24, 2.45) is 0 Å². The minimum absolute atomic E-state index is 0.0738. The predicted octanol–water partition coefficient (Wildman–Crippen LogP) is 1.68. The Balaban J connectivity index is 2.46. The molecule has 100 valence electrons. The number of amides is 1. The van der Waals surface area contributed by atoms with E-state index in [-0.39, 0.29) is 24.6 Å². The summed E-state index contributed by atoms with van der Waals surface area (Å²) >= 11 is 0. The number of benzene rings is 1. The molecule has 0 aliphatic heterocycles. The van der Waals surface area contributed by atoms with E-state index >= 15 is 0 Å². The smallest absolute Gasteiger partial charge is 0.238 e. The third-order valence-electron chi connectivity index (χ3n) is 2.88. The molecule has 4 nitrogen and oxygen atoms in total. The van der Waals surface area contributed by atoms with E-state index in [2.05, 4.69) is 10.6 Å². The standard InChI is InChI=1S/C14H22N2O2/c1-11-6-4-5-7-12(11)16-13(18)10-15-14(2,3)8-9-17/h4-7,15,17H,8-10H2,1-3H3,(H,16,18).